The Morgan fingerprint density at radius 2 is 2.00 bits per heavy atom. The lowest BCUT2D eigenvalue weighted by Gasteiger charge is -2.38. The van der Waals surface area contributed by atoms with Gasteiger partial charge >= 0.3 is 0 Å². The van der Waals surface area contributed by atoms with Gasteiger partial charge in [0.15, 0.2) is 0 Å². The van der Waals surface area contributed by atoms with Crippen molar-refractivity contribution in [3.8, 4) is 5.75 Å². The first-order valence-electron chi connectivity index (χ1n) is 7.71. The van der Waals surface area contributed by atoms with E-state index in [1.165, 1.54) is 0 Å². The third-order valence-electron chi connectivity index (χ3n) is 4.05. The first-order valence-corrected chi connectivity index (χ1v) is 8.08. The van der Waals surface area contributed by atoms with E-state index in [1.807, 2.05) is 51.1 Å². The van der Waals surface area contributed by atoms with E-state index in [-0.39, 0.29) is 17.6 Å². The minimum absolute atomic E-state index is 0.0990. The monoisotopic (exact) mass is 329 g/mol. The molecular weight excluding hydrogens is 310 g/mol. The number of hydrogen-bond acceptors (Lipinski definition) is 2. The maximum atomic E-state index is 12.6. The first-order chi connectivity index (χ1) is 10.9. The fourth-order valence-electron chi connectivity index (χ4n) is 2.97. The highest BCUT2D eigenvalue weighted by Crippen LogP contribution is 2.40. The summed E-state index contributed by atoms with van der Waals surface area (Å²) in [5.41, 5.74) is 2.30. The van der Waals surface area contributed by atoms with E-state index in [9.17, 15) is 4.79 Å². The van der Waals surface area contributed by atoms with Crippen LogP contribution in [-0.4, -0.2) is 11.5 Å². The average Bonchev–Trinajstić information content (AvgIpc) is 2.45. The van der Waals surface area contributed by atoms with Crippen LogP contribution in [0.2, 0.25) is 5.02 Å². The highest BCUT2D eigenvalue weighted by atomic mass is 35.5. The fourth-order valence-corrected chi connectivity index (χ4v) is 3.19. The number of ether oxygens (including phenoxy) is 1. The number of carbonyl (C=O) groups is 1. The van der Waals surface area contributed by atoms with Gasteiger partial charge in [0.2, 0.25) is 0 Å². The van der Waals surface area contributed by atoms with Gasteiger partial charge < -0.3 is 10.1 Å². The smallest absolute Gasteiger partial charge is 0.253 e. The van der Waals surface area contributed by atoms with E-state index in [0.717, 1.165) is 16.9 Å². The standard InChI is InChI=1S/C19H20ClNO2/c1-12-8-9-14-16(11-19(2,3)23-17(14)10-12)21-18(22)13-6-4-5-7-15(13)20/h4-10,16H,11H2,1-3H3,(H,21,22)/t16-/m0/s1. The second-order valence-corrected chi connectivity index (χ2v) is 7.02. The second kappa shape index (κ2) is 5.89. The largest absolute Gasteiger partial charge is 0.487 e. The Morgan fingerprint density at radius 3 is 2.74 bits per heavy atom. The summed E-state index contributed by atoms with van der Waals surface area (Å²) in [5.74, 6) is 0.676. The molecule has 1 N–H and O–H groups in total. The summed E-state index contributed by atoms with van der Waals surface area (Å²) in [6, 6.07) is 13.1. The van der Waals surface area contributed by atoms with Gasteiger partial charge in [-0.05, 0) is 44.5 Å². The second-order valence-electron chi connectivity index (χ2n) is 6.61. The fraction of sp³-hybridized carbons (Fsp3) is 0.316. The van der Waals surface area contributed by atoms with Crippen molar-refractivity contribution in [3.05, 3.63) is 64.2 Å². The van der Waals surface area contributed by atoms with Crippen molar-refractivity contribution >= 4 is 17.5 Å². The SMILES string of the molecule is Cc1ccc2c(c1)OC(C)(C)C[C@@H]2NC(=O)c1ccccc1Cl. The molecule has 1 atom stereocenters. The predicted octanol–water partition coefficient (Wildman–Crippen LogP) is 4.68. The summed E-state index contributed by atoms with van der Waals surface area (Å²) in [7, 11) is 0. The van der Waals surface area contributed by atoms with Crippen LogP contribution in [0.4, 0.5) is 0 Å². The first kappa shape index (κ1) is 15.9. The van der Waals surface area contributed by atoms with Crippen molar-refractivity contribution < 1.29 is 9.53 Å². The third kappa shape index (κ3) is 3.35. The maximum absolute atomic E-state index is 12.6. The molecule has 0 bridgehead atoms. The Kier molecular flexibility index (Phi) is 4.07. The molecule has 1 aliphatic rings. The van der Waals surface area contributed by atoms with Crippen molar-refractivity contribution in [2.75, 3.05) is 0 Å². The molecule has 2 aromatic carbocycles. The molecule has 0 aromatic heterocycles. The lowest BCUT2D eigenvalue weighted by molar-refractivity contribution is 0.0619. The molecule has 0 aliphatic carbocycles. The number of benzene rings is 2. The van der Waals surface area contributed by atoms with Gasteiger partial charge in [-0.2, -0.15) is 0 Å². The third-order valence-corrected chi connectivity index (χ3v) is 4.38. The summed E-state index contributed by atoms with van der Waals surface area (Å²) < 4.78 is 6.06. The van der Waals surface area contributed by atoms with Crippen LogP contribution in [-0.2, 0) is 0 Å². The Bertz CT molecular complexity index is 755. The minimum Gasteiger partial charge on any atom is -0.487 e. The van der Waals surface area contributed by atoms with Gasteiger partial charge in [-0.15, -0.1) is 0 Å². The quantitative estimate of drug-likeness (QED) is 0.868. The van der Waals surface area contributed by atoms with Crippen molar-refractivity contribution in [2.45, 2.75) is 38.8 Å². The maximum Gasteiger partial charge on any atom is 0.253 e. The van der Waals surface area contributed by atoms with E-state index < -0.39 is 0 Å². The molecule has 1 aliphatic heterocycles. The van der Waals surface area contributed by atoms with Crippen LogP contribution in [0.1, 0.15) is 47.8 Å². The number of carbonyl (C=O) groups excluding carboxylic acids is 1. The lowest BCUT2D eigenvalue weighted by atomic mass is 9.89. The summed E-state index contributed by atoms with van der Waals surface area (Å²) >= 11 is 6.13. The normalized spacial score (nSPS) is 18.7. The van der Waals surface area contributed by atoms with E-state index in [4.69, 9.17) is 16.3 Å². The minimum atomic E-state index is -0.334. The van der Waals surface area contributed by atoms with Gasteiger partial charge in [0.25, 0.3) is 5.91 Å². The van der Waals surface area contributed by atoms with E-state index in [0.29, 0.717) is 17.0 Å². The predicted molar refractivity (Wildman–Crippen MR) is 92.2 cm³/mol. The molecule has 120 valence electrons. The molecule has 3 rings (SSSR count). The van der Waals surface area contributed by atoms with Crippen LogP contribution in [0.5, 0.6) is 5.75 Å². The molecule has 1 heterocycles. The van der Waals surface area contributed by atoms with Crippen molar-refractivity contribution in [2.24, 2.45) is 0 Å². The average molecular weight is 330 g/mol. The Labute approximate surface area is 141 Å². The number of fused-ring (bicyclic) bond motifs is 1. The molecule has 23 heavy (non-hydrogen) atoms. The van der Waals surface area contributed by atoms with Gasteiger partial charge in [-0.1, -0.05) is 35.9 Å². The Morgan fingerprint density at radius 1 is 1.26 bits per heavy atom. The molecule has 0 saturated heterocycles. The van der Waals surface area contributed by atoms with Crippen molar-refractivity contribution in [1.82, 2.24) is 5.32 Å². The molecule has 3 nitrogen and oxygen atoms in total. The van der Waals surface area contributed by atoms with Crippen LogP contribution in [0, 0.1) is 6.92 Å². The van der Waals surface area contributed by atoms with Gasteiger partial charge in [0.1, 0.15) is 11.4 Å². The molecule has 0 spiro atoms. The Balaban J connectivity index is 1.91. The number of nitrogens with one attached hydrogen (secondary N) is 1. The summed E-state index contributed by atoms with van der Waals surface area (Å²) in [5, 5.41) is 3.56. The van der Waals surface area contributed by atoms with E-state index in [1.54, 1.807) is 12.1 Å². The topological polar surface area (TPSA) is 38.3 Å². The molecule has 0 radical (unpaired) electrons. The van der Waals surface area contributed by atoms with Gasteiger partial charge in [-0.25, -0.2) is 0 Å². The molecular formula is C19H20ClNO2. The van der Waals surface area contributed by atoms with Crippen LogP contribution in [0.15, 0.2) is 42.5 Å². The number of hydrogen-bond donors (Lipinski definition) is 1. The highest BCUT2D eigenvalue weighted by molar-refractivity contribution is 6.33. The zero-order valence-electron chi connectivity index (χ0n) is 13.5. The summed E-state index contributed by atoms with van der Waals surface area (Å²) in [6.45, 7) is 6.10. The Hall–Kier alpha value is -2.00. The van der Waals surface area contributed by atoms with Crippen LogP contribution in [0.25, 0.3) is 0 Å². The highest BCUT2D eigenvalue weighted by Gasteiger charge is 2.34. The molecule has 0 fully saturated rings. The molecule has 0 unspecified atom stereocenters. The molecule has 1 amide bonds. The van der Waals surface area contributed by atoms with Gasteiger partial charge in [-0.3, -0.25) is 4.79 Å². The molecule has 4 heteroatoms. The van der Waals surface area contributed by atoms with E-state index in [2.05, 4.69) is 5.32 Å². The molecule has 2 aromatic rings. The van der Waals surface area contributed by atoms with E-state index >= 15 is 0 Å². The number of aryl methyl sites for hydroxylation is 1. The van der Waals surface area contributed by atoms with Crippen LogP contribution in [0.3, 0.4) is 0 Å². The van der Waals surface area contributed by atoms with Crippen LogP contribution >= 0.6 is 11.6 Å². The van der Waals surface area contributed by atoms with Crippen molar-refractivity contribution in [3.63, 3.8) is 0 Å². The van der Waals surface area contributed by atoms with Gasteiger partial charge in [0, 0.05) is 12.0 Å². The summed E-state index contributed by atoms with van der Waals surface area (Å²) in [6.07, 6.45) is 0.708. The van der Waals surface area contributed by atoms with Crippen LogP contribution < -0.4 is 10.1 Å². The lowest BCUT2D eigenvalue weighted by Crippen LogP contribution is -2.41. The van der Waals surface area contributed by atoms with Gasteiger partial charge in [0.05, 0.1) is 16.6 Å². The number of rotatable bonds is 2. The summed E-state index contributed by atoms with van der Waals surface area (Å²) in [4.78, 5) is 12.6. The number of halogens is 1. The molecule has 0 saturated carbocycles. The van der Waals surface area contributed by atoms with Crippen molar-refractivity contribution in [1.29, 1.82) is 0 Å². The zero-order valence-corrected chi connectivity index (χ0v) is 14.3. The number of amides is 1. The zero-order chi connectivity index (χ0) is 16.6.